The number of hydrogen-bond acceptors (Lipinski definition) is 4. The van der Waals surface area contributed by atoms with E-state index in [0.29, 0.717) is 16.3 Å². The summed E-state index contributed by atoms with van der Waals surface area (Å²) in [5.41, 5.74) is 2.22. The van der Waals surface area contributed by atoms with Gasteiger partial charge in [0.25, 0.3) is 5.91 Å². The van der Waals surface area contributed by atoms with Gasteiger partial charge in [0, 0.05) is 54.2 Å². The normalized spacial score (nSPS) is 14.5. The fraction of sp³-hybridized carbons (Fsp3) is 0.333. The zero-order valence-corrected chi connectivity index (χ0v) is 18.6. The molecule has 29 heavy (non-hydrogen) atoms. The largest absolute Gasteiger partial charge is 0.367 e. The number of hydrogen-bond donors (Lipinski definition) is 2. The Labute approximate surface area is 184 Å². The summed E-state index contributed by atoms with van der Waals surface area (Å²) in [5, 5.41) is 6.29. The van der Waals surface area contributed by atoms with Gasteiger partial charge in [0.2, 0.25) is 5.91 Å². The van der Waals surface area contributed by atoms with Gasteiger partial charge in [0.1, 0.15) is 0 Å². The molecule has 2 amide bonds. The molecule has 0 aliphatic carbocycles. The quantitative estimate of drug-likeness (QED) is 0.664. The number of carbonyl (C=O) groups excluding carboxylic acids is 2. The van der Waals surface area contributed by atoms with E-state index in [4.69, 9.17) is 11.6 Å². The molecule has 2 N–H and O–H groups in total. The van der Waals surface area contributed by atoms with Crippen molar-refractivity contribution in [3.63, 3.8) is 0 Å². The summed E-state index contributed by atoms with van der Waals surface area (Å²) in [6, 6.07) is 12.6. The van der Waals surface area contributed by atoms with Crippen LogP contribution in [0.3, 0.4) is 0 Å². The number of likely N-dealkylation sites (N-methyl/N-ethyl adjacent to an activating group) is 1. The van der Waals surface area contributed by atoms with Crippen molar-refractivity contribution >= 4 is 50.7 Å². The minimum atomic E-state index is -0.203. The average molecular weight is 480 g/mol. The fourth-order valence-corrected chi connectivity index (χ4v) is 3.57. The highest BCUT2D eigenvalue weighted by Gasteiger charge is 2.18. The second kappa shape index (κ2) is 10.1. The number of halogens is 2. The van der Waals surface area contributed by atoms with Crippen molar-refractivity contribution in [2.45, 2.75) is 6.42 Å². The summed E-state index contributed by atoms with van der Waals surface area (Å²) in [6.07, 6.45) is 0.178. The molecule has 0 spiro atoms. The van der Waals surface area contributed by atoms with E-state index in [9.17, 15) is 9.59 Å². The summed E-state index contributed by atoms with van der Waals surface area (Å²) in [4.78, 5) is 29.1. The first-order valence-corrected chi connectivity index (χ1v) is 10.7. The maximum absolute atomic E-state index is 12.4. The molecular weight excluding hydrogens is 456 g/mol. The van der Waals surface area contributed by atoms with Gasteiger partial charge in [-0.3, -0.25) is 9.59 Å². The van der Waals surface area contributed by atoms with Crippen molar-refractivity contribution in [1.82, 2.24) is 10.2 Å². The van der Waals surface area contributed by atoms with Crippen LogP contribution in [0.2, 0.25) is 5.02 Å². The molecule has 1 saturated heterocycles. The Hall–Kier alpha value is -2.09. The standard InChI is InChI=1S/C21H24BrClN4O2/c1-26-10-12-27(13-11-26)19-7-6-17(23)14-18(19)25-20(28)8-9-24-21(29)15-2-4-16(22)5-3-15/h2-7,14H,8-13H2,1H3,(H,24,29)(H,25,28). The van der Waals surface area contributed by atoms with Gasteiger partial charge in [-0.1, -0.05) is 27.5 Å². The van der Waals surface area contributed by atoms with Crippen molar-refractivity contribution in [2.24, 2.45) is 0 Å². The van der Waals surface area contributed by atoms with Crippen LogP contribution in [0.5, 0.6) is 0 Å². The predicted molar refractivity (Wildman–Crippen MR) is 121 cm³/mol. The predicted octanol–water partition coefficient (Wildman–Crippen LogP) is 3.61. The third-order valence-corrected chi connectivity index (χ3v) is 5.58. The third kappa shape index (κ3) is 6.19. The minimum Gasteiger partial charge on any atom is -0.367 e. The lowest BCUT2D eigenvalue weighted by Gasteiger charge is -2.35. The van der Waals surface area contributed by atoms with Crippen LogP contribution in [0.4, 0.5) is 11.4 Å². The highest BCUT2D eigenvalue weighted by atomic mass is 79.9. The molecule has 3 rings (SSSR count). The molecule has 2 aromatic carbocycles. The summed E-state index contributed by atoms with van der Waals surface area (Å²) >= 11 is 9.49. The first kappa shape index (κ1) is 21.6. The molecule has 8 heteroatoms. The lowest BCUT2D eigenvalue weighted by molar-refractivity contribution is -0.116. The number of nitrogens with one attached hydrogen (secondary N) is 2. The lowest BCUT2D eigenvalue weighted by Crippen LogP contribution is -2.44. The Morgan fingerprint density at radius 2 is 1.76 bits per heavy atom. The zero-order valence-electron chi connectivity index (χ0n) is 16.3. The number of benzene rings is 2. The molecule has 0 radical (unpaired) electrons. The molecule has 154 valence electrons. The average Bonchev–Trinajstić information content (AvgIpc) is 2.69. The molecule has 6 nitrogen and oxygen atoms in total. The van der Waals surface area contributed by atoms with E-state index >= 15 is 0 Å². The molecule has 1 fully saturated rings. The highest BCUT2D eigenvalue weighted by molar-refractivity contribution is 9.10. The summed E-state index contributed by atoms with van der Waals surface area (Å²) in [6.45, 7) is 3.98. The topological polar surface area (TPSA) is 64.7 Å². The first-order valence-electron chi connectivity index (χ1n) is 9.49. The molecule has 0 aromatic heterocycles. The van der Waals surface area contributed by atoms with E-state index in [1.807, 2.05) is 12.1 Å². The van der Waals surface area contributed by atoms with E-state index in [2.05, 4.69) is 43.4 Å². The van der Waals surface area contributed by atoms with Crippen molar-refractivity contribution < 1.29 is 9.59 Å². The van der Waals surface area contributed by atoms with E-state index in [1.54, 1.807) is 30.3 Å². The third-order valence-electron chi connectivity index (χ3n) is 4.82. The maximum Gasteiger partial charge on any atom is 0.251 e. The first-order chi connectivity index (χ1) is 13.9. The van der Waals surface area contributed by atoms with E-state index in [0.717, 1.165) is 36.3 Å². The molecule has 0 atom stereocenters. The van der Waals surface area contributed by atoms with Crippen LogP contribution in [0.25, 0.3) is 0 Å². The number of piperazine rings is 1. The Balaban J connectivity index is 1.55. The Kier molecular flexibility index (Phi) is 7.52. The van der Waals surface area contributed by atoms with Gasteiger partial charge in [-0.05, 0) is 49.5 Å². The van der Waals surface area contributed by atoms with Crippen LogP contribution in [0.1, 0.15) is 16.8 Å². The van der Waals surface area contributed by atoms with Crippen LogP contribution >= 0.6 is 27.5 Å². The Morgan fingerprint density at radius 1 is 1.07 bits per heavy atom. The molecular formula is C21H24BrClN4O2. The number of amides is 2. The number of anilines is 2. The number of carbonyl (C=O) groups is 2. The van der Waals surface area contributed by atoms with E-state index in [1.165, 1.54) is 0 Å². The number of nitrogens with zero attached hydrogens (tertiary/aromatic N) is 2. The summed E-state index contributed by atoms with van der Waals surface area (Å²) in [7, 11) is 2.10. The molecule has 0 unspecified atom stereocenters. The van der Waals surface area contributed by atoms with Crippen molar-refractivity contribution in [1.29, 1.82) is 0 Å². The van der Waals surface area contributed by atoms with Crippen LogP contribution in [0.15, 0.2) is 46.9 Å². The van der Waals surface area contributed by atoms with Gasteiger partial charge in [-0.2, -0.15) is 0 Å². The lowest BCUT2D eigenvalue weighted by atomic mass is 10.2. The van der Waals surface area contributed by atoms with Crippen LogP contribution in [-0.4, -0.2) is 56.5 Å². The molecule has 1 aliphatic heterocycles. The second-order valence-electron chi connectivity index (χ2n) is 7.01. The minimum absolute atomic E-state index is 0.168. The maximum atomic E-state index is 12.4. The zero-order chi connectivity index (χ0) is 20.8. The molecule has 0 saturated carbocycles. The van der Waals surface area contributed by atoms with Gasteiger partial charge in [0.05, 0.1) is 11.4 Å². The second-order valence-corrected chi connectivity index (χ2v) is 8.36. The van der Waals surface area contributed by atoms with Gasteiger partial charge in [-0.25, -0.2) is 0 Å². The van der Waals surface area contributed by atoms with E-state index in [-0.39, 0.29) is 24.8 Å². The van der Waals surface area contributed by atoms with Crippen molar-refractivity contribution in [3.05, 3.63) is 57.5 Å². The van der Waals surface area contributed by atoms with Gasteiger partial charge in [-0.15, -0.1) is 0 Å². The highest BCUT2D eigenvalue weighted by Crippen LogP contribution is 2.30. The fourth-order valence-electron chi connectivity index (χ4n) is 3.14. The molecule has 2 aromatic rings. The van der Waals surface area contributed by atoms with E-state index < -0.39 is 0 Å². The van der Waals surface area contributed by atoms with Crippen LogP contribution < -0.4 is 15.5 Å². The Morgan fingerprint density at radius 3 is 2.45 bits per heavy atom. The monoisotopic (exact) mass is 478 g/mol. The molecule has 0 bridgehead atoms. The smallest absolute Gasteiger partial charge is 0.251 e. The van der Waals surface area contributed by atoms with Crippen molar-refractivity contribution in [3.8, 4) is 0 Å². The van der Waals surface area contributed by atoms with Gasteiger partial charge < -0.3 is 20.4 Å². The van der Waals surface area contributed by atoms with Gasteiger partial charge >= 0.3 is 0 Å². The summed E-state index contributed by atoms with van der Waals surface area (Å²) < 4.78 is 0.908. The van der Waals surface area contributed by atoms with Crippen LogP contribution in [0, 0.1) is 0 Å². The molecule has 1 heterocycles. The molecule has 1 aliphatic rings. The van der Waals surface area contributed by atoms with Crippen molar-refractivity contribution in [2.75, 3.05) is 50.0 Å². The SMILES string of the molecule is CN1CCN(c2ccc(Cl)cc2NC(=O)CCNC(=O)c2ccc(Br)cc2)CC1. The van der Waals surface area contributed by atoms with Crippen LogP contribution in [-0.2, 0) is 4.79 Å². The number of rotatable bonds is 6. The Bertz CT molecular complexity index is 867. The summed E-state index contributed by atoms with van der Waals surface area (Å²) in [5.74, 6) is -0.370. The van der Waals surface area contributed by atoms with Gasteiger partial charge in [0.15, 0.2) is 0 Å².